The van der Waals surface area contributed by atoms with Crippen LogP contribution in [0.4, 0.5) is 5.69 Å². The highest BCUT2D eigenvalue weighted by Gasteiger charge is 2.52. The second-order valence-corrected chi connectivity index (χ2v) is 20.1. The normalized spacial score (nSPS) is 22.6. The van der Waals surface area contributed by atoms with Crippen molar-refractivity contribution in [1.82, 2.24) is 19.7 Å². The molecule has 1 spiro atoms. The Kier molecular flexibility index (Phi) is 9.38. The highest BCUT2D eigenvalue weighted by molar-refractivity contribution is 7.15. The van der Waals surface area contributed by atoms with E-state index in [2.05, 4.69) is 130 Å². The maximum atomic E-state index is 10.3. The van der Waals surface area contributed by atoms with E-state index in [1.165, 1.54) is 118 Å². The third kappa shape index (κ3) is 6.53. The van der Waals surface area contributed by atoms with Crippen molar-refractivity contribution in [3.63, 3.8) is 0 Å². The van der Waals surface area contributed by atoms with E-state index in [1.54, 1.807) is 0 Å². The summed E-state index contributed by atoms with van der Waals surface area (Å²) in [7, 11) is 0. The molecule has 8 heteroatoms. The number of benzene rings is 4. The minimum absolute atomic E-state index is 0.0657. The molecule has 60 heavy (non-hydrogen) atoms. The van der Waals surface area contributed by atoms with Gasteiger partial charge in [-0.05, 0) is 155 Å². The smallest absolute Gasteiger partial charge is 0.162 e. The van der Waals surface area contributed by atoms with Gasteiger partial charge in [-0.3, -0.25) is 9.56 Å². The lowest BCUT2D eigenvalue weighted by Crippen LogP contribution is -2.63. The van der Waals surface area contributed by atoms with Gasteiger partial charge in [0, 0.05) is 52.7 Å². The number of phenols is 1. The number of hydrogen-bond donors (Lipinski definition) is 1. The number of aryl methyl sites for hydroxylation is 3. The van der Waals surface area contributed by atoms with E-state index < -0.39 is 0 Å². The van der Waals surface area contributed by atoms with Crippen molar-refractivity contribution >= 4 is 22.7 Å². The second-order valence-electron chi connectivity index (χ2n) is 18.9. The van der Waals surface area contributed by atoms with Crippen LogP contribution in [0.15, 0.2) is 102 Å². The summed E-state index contributed by atoms with van der Waals surface area (Å²) in [6.45, 7) is 14.6. The molecule has 0 unspecified atom stereocenters. The van der Waals surface area contributed by atoms with Gasteiger partial charge < -0.3 is 14.9 Å². The lowest BCUT2D eigenvalue weighted by Gasteiger charge is -2.60. The number of nitrogens with zero attached hydrogens (tertiary/aromatic N) is 6. The zero-order valence-electron chi connectivity index (χ0n) is 35.4. The quantitative estimate of drug-likeness (QED) is 0.174. The van der Waals surface area contributed by atoms with Crippen LogP contribution in [0.25, 0.3) is 5.00 Å². The molecule has 5 aliphatic rings. The molecule has 0 bridgehead atoms. The molecule has 7 nitrogen and oxygen atoms in total. The summed E-state index contributed by atoms with van der Waals surface area (Å²) >= 11 is 1.82. The molecule has 1 saturated carbocycles. The van der Waals surface area contributed by atoms with Crippen LogP contribution in [0, 0.1) is 32.1 Å². The minimum atomic E-state index is -0.0657. The number of fused-ring (bicyclic) bond motifs is 4. The molecule has 4 aromatic carbocycles. The summed E-state index contributed by atoms with van der Waals surface area (Å²) < 4.78 is 2.22. The number of aliphatic imine (C=N–C) groups is 1. The average Bonchev–Trinajstić information content (AvgIpc) is 3.73. The first-order chi connectivity index (χ1) is 29.2. The average molecular weight is 813 g/mol. The Morgan fingerprint density at radius 2 is 1.53 bits per heavy atom. The van der Waals surface area contributed by atoms with Crippen LogP contribution in [-0.2, 0) is 6.42 Å². The minimum Gasteiger partial charge on any atom is -0.508 e. The van der Waals surface area contributed by atoms with Crippen LogP contribution in [-0.4, -0.2) is 63.2 Å². The highest BCUT2D eigenvalue weighted by Crippen LogP contribution is 2.53. The second kappa shape index (κ2) is 14.8. The summed E-state index contributed by atoms with van der Waals surface area (Å²) in [5.74, 6) is 4.42. The highest BCUT2D eigenvalue weighted by atomic mass is 32.1. The van der Waals surface area contributed by atoms with Crippen molar-refractivity contribution in [3.05, 3.63) is 158 Å². The SMILES string of the molecule is Cc1sc2c(c1C)C(c1ccc(N3CC4(CC(CN5CCC(c6ccc([C@@H]7c8ccc(O)cc8CC[C@@H]7c7ccccc7)cc6)CC5)C4)C3)cc1)=N[C@@H](C)c1nnc(C)n1-2. The third-order valence-corrected chi connectivity index (χ3v) is 16.2. The van der Waals surface area contributed by atoms with Gasteiger partial charge in [-0.1, -0.05) is 72.8 Å². The molecule has 3 aliphatic heterocycles. The van der Waals surface area contributed by atoms with E-state index in [4.69, 9.17) is 4.99 Å². The number of aromatic nitrogens is 3. The molecule has 306 valence electrons. The molecule has 0 amide bonds. The Hall–Kier alpha value is -5.05. The number of likely N-dealkylation sites (tertiary alicyclic amines) is 1. The fourth-order valence-corrected chi connectivity index (χ4v) is 13.1. The zero-order valence-corrected chi connectivity index (χ0v) is 36.3. The summed E-state index contributed by atoms with van der Waals surface area (Å²) in [5, 5.41) is 20.4. The Balaban J connectivity index is 0.685. The first kappa shape index (κ1) is 37.9. The van der Waals surface area contributed by atoms with Gasteiger partial charge in [0.2, 0.25) is 0 Å². The Labute approximate surface area is 358 Å². The number of thiophene rings is 1. The van der Waals surface area contributed by atoms with Crippen LogP contribution in [0.1, 0.15) is 124 Å². The van der Waals surface area contributed by atoms with Crippen LogP contribution in [0.3, 0.4) is 0 Å². The molecule has 11 rings (SSSR count). The summed E-state index contributed by atoms with van der Waals surface area (Å²) in [6, 6.07) is 35.9. The number of piperidine rings is 1. The molecular formula is C52H56N6OS. The van der Waals surface area contributed by atoms with Gasteiger partial charge in [-0.15, -0.1) is 21.5 Å². The summed E-state index contributed by atoms with van der Waals surface area (Å²) in [4.78, 5) is 11.9. The predicted octanol–water partition coefficient (Wildman–Crippen LogP) is 10.8. The predicted molar refractivity (Wildman–Crippen MR) is 244 cm³/mol. The topological polar surface area (TPSA) is 69.8 Å². The molecule has 2 aromatic heterocycles. The van der Waals surface area contributed by atoms with Crippen LogP contribution < -0.4 is 4.90 Å². The molecule has 2 saturated heterocycles. The maximum Gasteiger partial charge on any atom is 0.162 e. The van der Waals surface area contributed by atoms with E-state index in [0.717, 1.165) is 36.1 Å². The molecule has 6 aromatic rings. The van der Waals surface area contributed by atoms with Crippen molar-refractivity contribution in [1.29, 1.82) is 0 Å². The lowest BCUT2D eigenvalue weighted by molar-refractivity contribution is 0.000269. The third-order valence-electron chi connectivity index (χ3n) is 15.0. The van der Waals surface area contributed by atoms with Gasteiger partial charge in [-0.2, -0.15) is 0 Å². The lowest BCUT2D eigenvalue weighted by atomic mass is 9.57. The molecule has 0 radical (unpaired) electrons. The van der Waals surface area contributed by atoms with Crippen molar-refractivity contribution in [2.24, 2.45) is 16.3 Å². The number of phenolic OH excluding ortho intramolecular Hbond substituents is 1. The fraction of sp³-hybridized carbons (Fsp3) is 0.404. The maximum absolute atomic E-state index is 10.3. The summed E-state index contributed by atoms with van der Waals surface area (Å²) in [6.07, 6.45) is 7.34. The van der Waals surface area contributed by atoms with Crippen molar-refractivity contribution in [2.75, 3.05) is 37.6 Å². The number of aromatic hydroxyl groups is 1. The van der Waals surface area contributed by atoms with Crippen molar-refractivity contribution in [2.45, 2.75) is 90.0 Å². The van der Waals surface area contributed by atoms with Gasteiger partial charge in [0.25, 0.3) is 0 Å². The zero-order chi connectivity index (χ0) is 40.7. The molecular weight excluding hydrogens is 757 g/mol. The fourth-order valence-electron chi connectivity index (χ4n) is 11.9. The number of hydrogen-bond acceptors (Lipinski definition) is 7. The monoisotopic (exact) mass is 812 g/mol. The van der Waals surface area contributed by atoms with Crippen LogP contribution in [0.2, 0.25) is 0 Å². The van der Waals surface area contributed by atoms with E-state index in [-0.39, 0.29) is 6.04 Å². The molecule has 3 fully saturated rings. The molecule has 2 aliphatic carbocycles. The van der Waals surface area contributed by atoms with Crippen LogP contribution in [0.5, 0.6) is 5.75 Å². The van der Waals surface area contributed by atoms with Crippen LogP contribution >= 0.6 is 11.3 Å². The van der Waals surface area contributed by atoms with Gasteiger partial charge in [-0.25, -0.2) is 0 Å². The standard InChI is InChI=1S/C52H56N6OS/c1-32-34(3)60-51-47(32)49(53-33(2)50-55-54-35(4)58(50)51)41-14-17-43(18-15-41)57-30-52(31-57)27-36(28-52)29-56-24-22-38(23-25-56)37-10-12-40(13-11-37)48-45(39-8-6-5-7-9-39)20-16-42-26-44(59)19-21-46(42)48/h5-15,17-19,21,26,33,36,38,45,48,59H,16,20,22-25,27-31H2,1-4H3/t33-,45+,48-/m0/s1. The number of rotatable bonds is 7. The van der Waals surface area contributed by atoms with Gasteiger partial charge in [0.15, 0.2) is 5.82 Å². The Bertz CT molecular complexity index is 2570. The molecule has 1 N–H and O–H groups in total. The van der Waals surface area contributed by atoms with Crippen molar-refractivity contribution in [3.8, 4) is 10.8 Å². The number of anilines is 1. The Morgan fingerprint density at radius 3 is 2.28 bits per heavy atom. The van der Waals surface area contributed by atoms with Gasteiger partial charge in [0.05, 0.1) is 5.71 Å². The van der Waals surface area contributed by atoms with Gasteiger partial charge >= 0.3 is 0 Å². The van der Waals surface area contributed by atoms with E-state index >= 15 is 0 Å². The first-order valence-corrected chi connectivity index (χ1v) is 23.2. The molecule has 3 atom stereocenters. The largest absolute Gasteiger partial charge is 0.508 e. The Morgan fingerprint density at radius 1 is 0.800 bits per heavy atom. The summed E-state index contributed by atoms with van der Waals surface area (Å²) in [5.41, 5.74) is 13.6. The first-order valence-electron chi connectivity index (χ1n) is 22.3. The van der Waals surface area contributed by atoms with Gasteiger partial charge in [0.1, 0.15) is 22.6 Å². The molecule has 5 heterocycles. The van der Waals surface area contributed by atoms with E-state index in [9.17, 15) is 5.11 Å². The van der Waals surface area contributed by atoms with E-state index in [1.807, 2.05) is 30.4 Å². The van der Waals surface area contributed by atoms with E-state index in [0.29, 0.717) is 28.9 Å². The van der Waals surface area contributed by atoms with Crippen molar-refractivity contribution < 1.29 is 5.11 Å².